The molecule has 0 amide bonds. The van der Waals surface area contributed by atoms with Crippen LogP contribution in [-0.4, -0.2) is 12.9 Å². The zero-order valence-electron chi connectivity index (χ0n) is 9.05. The van der Waals surface area contributed by atoms with Crippen molar-refractivity contribution in [2.45, 2.75) is 13.1 Å². The van der Waals surface area contributed by atoms with Gasteiger partial charge in [-0.25, -0.2) is 0 Å². The maximum atomic E-state index is 12.8. The van der Waals surface area contributed by atoms with Crippen molar-refractivity contribution < 1.29 is 22.7 Å². The number of benzene rings is 1. The molecule has 1 aromatic rings. The molecule has 0 aromatic heterocycles. The SMILES string of the molecule is COc1ccc(C(C)=O)c(C#N)c1C(F)(F)F. The zero-order chi connectivity index (χ0) is 13.2. The topological polar surface area (TPSA) is 50.1 Å². The first-order valence-corrected chi connectivity index (χ1v) is 4.52. The summed E-state index contributed by atoms with van der Waals surface area (Å²) in [4.78, 5) is 11.1. The molecular weight excluding hydrogens is 235 g/mol. The van der Waals surface area contributed by atoms with E-state index in [-0.39, 0.29) is 5.56 Å². The lowest BCUT2D eigenvalue weighted by Gasteiger charge is -2.15. The highest BCUT2D eigenvalue weighted by atomic mass is 19.4. The third kappa shape index (κ3) is 2.38. The molecule has 0 aliphatic carbocycles. The molecule has 0 unspecified atom stereocenters. The number of halogens is 3. The summed E-state index contributed by atoms with van der Waals surface area (Å²) < 4.78 is 42.9. The van der Waals surface area contributed by atoms with Crippen molar-refractivity contribution >= 4 is 5.78 Å². The standard InChI is InChI=1S/C11H8F3NO2/c1-6(16)7-3-4-9(17-2)10(8(7)5-15)11(12,13)14/h3-4H,1-2H3. The molecule has 0 atom stereocenters. The van der Waals surface area contributed by atoms with Crippen LogP contribution in [0.15, 0.2) is 12.1 Å². The summed E-state index contributed by atoms with van der Waals surface area (Å²) in [5, 5.41) is 8.77. The molecule has 17 heavy (non-hydrogen) atoms. The van der Waals surface area contributed by atoms with Gasteiger partial charge in [-0.1, -0.05) is 0 Å². The minimum atomic E-state index is -4.75. The zero-order valence-corrected chi connectivity index (χ0v) is 9.05. The van der Waals surface area contributed by atoms with Crippen LogP contribution in [0.25, 0.3) is 0 Å². The molecule has 0 radical (unpaired) electrons. The molecule has 0 aliphatic heterocycles. The van der Waals surface area contributed by atoms with E-state index < -0.39 is 28.8 Å². The molecule has 0 N–H and O–H groups in total. The Kier molecular flexibility index (Phi) is 3.42. The van der Waals surface area contributed by atoms with Gasteiger partial charge in [0.1, 0.15) is 17.4 Å². The highest BCUT2D eigenvalue weighted by Gasteiger charge is 2.38. The first kappa shape index (κ1) is 13.0. The van der Waals surface area contributed by atoms with Crippen LogP contribution in [0.1, 0.15) is 28.4 Å². The molecular formula is C11H8F3NO2. The van der Waals surface area contributed by atoms with E-state index in [9.17, 15) is 18.0 Å². The summed E-state index contributed by atoms with van der Waals surface area (Å²) in [7, 11) is 1.07. The number of rotatable bonds is 2. The van der Waals surface area contributed by atoms with Crippen molar-refractivity contribution in [2.75, 3.05) is 7.11 Å². The van der Waals surface area contributed by atoms with Crippen LogP contribution in [0.4, 0.5) is 13.2 Å². The first-order chi connectivity index (χ1) is 7.82. The van der Waals surface area contributed by atoms with Crippen molar-refractivity contribution in [1.82, 2.24) is 0 Å². The van der Waals surface area contributed by atoms with Crippen LogP contribution >= 0.6 is 0 Å². The van der Waals surface area contributed by atoms with Gasteiger partial charge in [0.15, 0.2) is 5.78 Å². The molecule has 1 aromatic carbocycles. The minimum Gasteiger partial charge on any atom is -0.496 e. The quantitative estimate of drug-likeness (QED) is 0.750. The number of methoxy groups -OCH3 is 1. The van der Waals surface area contributed by atoms with Crippen LogP contribution in [0.3, 0.4) is 0 Å². The minimum absolute atomic E-state index is 0.263. The lowest BCUT2D eigenvalue weighted by atomic mass is 9.98. The second kappa shape index (κ2) is 4.45. The Hall–Kier alpha value is -2.03. The van der Waals surface area contributed by atoms with Crippen LogP contribution in [0, 0.1) is 11.3 Å². The largest absolute Gasteiger partial charge is 0.496 e. The van der Waals surface area contributed by atoms with Crippen LogP contribution in [-0.2, 0) is 6.18 Å². The van der Waals surface area contributed by atoms with E-state index in [2.05, 4.69) is 4.74 Å². The molecule has 0 bridgehead atoms. The average molecular weight is 243 g/mol. The van der Waals surface area contributed by atoms with Crippen LogP contribution < -0.4 is 4.74 Å². The Morgan fingerprint density at radius 3 is 2.35 bits per heavy atom. The van der Waals surface area contributed by atoms with E-state index in [1.807, 2.05) is 0 Å². The number of hydrogen-bond acceptors (Lipinski definition) is 3. The normalized spacial score (nSPS) is 10.8. The third-order valence-corrected chi connectivity index (χ3v) is 2.16. The Morgan fingerprint density at radius 2 is 2.00 bits per heavy atom. The molecule has 0 spiro atoms. The highest BCUT2D eigenvalue weighted by molar-refractivity contribution is 5.97. The number of nitriles is 1. The summed E-state index contributed by atoms with van der Waals surface area (Å²) in [5.41, 5.74) is -2.18. The molecule has 90 valence electrons. The molecule has 0 fully saturated rings. The van der Waals surface area contributed by atoms with Gasteiger partial charge in [0.05, 0.1) is 12.7 Å². The van der Waals surface area contributed by atoms with Gasteiger partial charge < -0.3 is 4.74 Å². The summed E-state index contributed by atoms with van der Waals surface area (Å²) in [6.45, 7) is 1.10. The average Bonchev–Trinajstić information content (AvgIpc) is 2.25. The van der Waals surface area contributed by atoms with Crippen LogP contribution in [0.2, 0.25) is 0 Å². The van der Waals surface area contributed by atoms with Gasteiger partial charge in [-0.2, -0.15) is 18.4 Å². The molecule has 1 rings (SSSR count). The molecule has 3 nitrogen and oxygen atoms in total. The number of hydrogen-bond donors (Lipinski definition) is 0. The maximum Gasteiger partial charge on any atom is 0.421 e. The number of nitrogens with zero attached hydrogens (tertiary/aromatic N) is 1. The predicted molar refractivity (Wildman–Crippen MR) is 52.7 cm³/mol. The van der Waals surface area contributed by atoms with E-state index in [1.54, 1.807) is 0 Å². The van der Waals surface area contributed by atoms with Gasteiger partial charge in [-0.05, 0) is 19.1 Å². The third-order valence-electron chi connectivity index (χ3n) is 2.16. The van der Waals surface area contributed by atoms with Gasteiger partial charge in [-0.3, -0.25) is 4.79 Å². The van der Waals surface area contributed by atoms with Crippen molar-refractivity contribution in [3.05, 3.63) is 28.8 Å². The van der Waals surface area contributed by atoms with E-state index in [0.717, 1.165) is 26.2 Å². The van der Waals surface area contributed by atoms with Gasteiger partial charge >= 0.3 is 6.18 Å². The lowest BCUT2D eigenvalue weighted by Crippen LogP contribution is -2.13. The second-order valence-corrected chi connectivity index (χ2v) is 3.23. The van der Waals surface area contributed by atoms with E-state index in [4.69, 9.17) is 5.26 Å². The second-order valence-electron chi connectivity index (χ2n) is 3.23. The molecule has 0 aliphatic rings. The number of alkyl halides is 3. The van der Waals surface area contributed by atoms with Crippen molar-refractivity contribution in [3.63, 3.8) is 0 Å². The maximum absolute atomic E-state index is 12.8. The molecule has 0 saturated carbocycles. The molecule has 0 heterocycles. The Bertz CT molecular complexity index is 501. The van der Waals surface area contributed by atoms with Gasteiger partial charge in [0.25, 0.3) is 0 Å². The summed E-state index contributed by atoms with van der Waals surface area (Å²) in [6, 6.07) is 3.58. The Labute approximate surface area is 95.4 Å². The number of carbonyl (C=O) groups is 1. The highest BCUT2D eigenvalue weighted by Crippen LogP contribution is 2.39. The van der Waals surface area contributed by atoms with Crippen molar-refractivity contribution in [2.24, 2.45) is 0 Å². The fourth-order valence-corrected chi connectivity index (χ4v) is 1.44. The summed E-state index contributed by atoms with van der Waals surface area (Å²) >= 11 is 0. The fourth-order valence-electron chi connectivity index (χ4n) is 1.44. The number of carbonyl (C=O) groups excluding carboxylic acids is 1. The van der Waals surface area contributed by atoms with Crippen molar-refractivity contribution in [1.29, 1.82) is 5.26 Å². The summed E-state index contributed by atoms with van der Waals surface area (Å²) in [5.74, 6) is -1.08. The Balaban J connectivity index is 3.69. The van der Waals surface area contributed by atoms with Gasteiger partial charge in [-0.15, -0.1) is 0 Å². The van der Waals surface area contributed by atoms with Gasteiger partial charge in [0, 0.05) is 5.56 Å². The predicted octanol–water partition coefficient (Wildman–Crippen LogP) is 2.79. The number of Topliss-reactive ketones (excluding diaryl/α,β-unsaturated/α-hetero) is 1. The van der Waals surface area contributed by atoms with Crippen molar-refractivity contribution in [3.8, 4) is 11.8 Å². The monoisotopic (exact) mass is 243 g/mol. The van der Waals surface area contributed by atoms with E-state index >= 15 is 0 Å². The van der Waals surface area contributed by atoms with Gasteiger partial charge in [0.2, 0.25) is 0 Å². The smallest absolute Gasteiger partial charge is 0.421 e. The lowest BCUT2D eigenvalue weighted by molar-refractivity contribution is -0.139. The van der Waals surface area contributed by atoms with E-state index in [0.29, 0.717) is 0 Å². The summed E-state index contributed by atoms with van der Waals surface area (Å²) in [6.07, 6.45) is -4.75. The Morgan fingerprint density at radius 1 is 1.41 bits per heavy atom. The first-order valence-electron chi connectivity index (χ1n) is 4.52. The number of ketones is 1. The number of ether oxygens (including phenoxy) is 1. The molecule has 6 heteroatoms. The fraction of sp³-hybridized carbons (Fsp3) is 0.273. The van der Waals surface area contributed by atoms with E-state index in [1.165, 1.54) is 6.07 Å². The van der Waals surface area contributed by atoms with Crippen LogP contribution in [0.5, 0.6) is 5.75 Å². The molecule has 0 saturated heterocycles.